The zero-order valence-electron chi connectivity index (χ0n) is 13.4. The highest BCUT2D eigenvalue weighted by Crippen LogP contribution is 2.33. The largest absolute Gasteiger partial charge is 0.495 e. The third-order valence-electron chi connectivity index (χ3n) is 3.74. The standard InChI is InChI=1S/C19H17NO3S/c1-23-16-12-18(14-8-10-17(11-9-14)24(2,21)22)19(20-13-16)15-6-4-3-5-7-15/h3-13H,1-2H3. The Hall–Kier alpha value is -2.66. The number of nitrogens with zero attached hydrogens (tertiary/aromatic N) is 1. The number of hydrogen-bond donors (Lipinski definition) is 0. The summed E-state index contributed by atoms with van der Waals surface area (Å²) in [7, 11) is -1.62. The molecule has 0 fully saturated rings. The van der Waals surface area contributed by atoms with Crippen molar-refractivity contribution in [3.05, 3.63) is 66.9 Å². The Kier molecular flexibility index (Phi) is 4.36. The number of rotatable bonds is 4. The second-order valence-electron chi connectivity index (χ2n) is 5.43. The highest BCUT2D eigenvalue weighted by Gasteiger charge is 2.12. The van der Waals surface area contributed by atoms with Crippen LogP contribution in [0.2, 0.25) is 0 Å². The van der Waals surface area contributed by atoms with E-state index >= 15 is 0 Å². The highest BCUT2D eigenvalue weighted by atomic mass is 32.2. The summed E-state index contributed by atoms with van der Waals surface area (Å²) in [5.74, 6) is 0.650. The van der Waals surface area contributed by atoms with E-state index < -0.39 is 9.84 Å². The average Bonchev–Trinajstić information content (AvgIpc) is 2.61. The van der Waals surface area contributed by atoms with Gasteiger partial charge in [-0.3, -0.25) is 4.98 Å². The molecule has 3 aromatic rings. The summed E-state index contributed by atoms with van der Waals surface area (Å²) >= 11 is 0. The van der Waals surface area contributed by atoms with Gasteiger partial charge < -0.3 is 4.74 Å². The fraction of sp³-hybridized carbons (Fsp3) is 0.105. The molecule has 1 aromatic heterocycles. The van der Waals surface area contributed by atoms with Crippen molar-refractivity contribution in [3.8, 4) is 28.1 Å². The summed E-state index contributed by atoms with van der Waals surface area (Å²) in [5, 5.41) is 0. The second-order valence-corrected chi connectivity index (χ2v) is 7.45. The van der Waals surface area contributed by atoms with Crippen LogP contribution in [0.3, 0.4) is 0 Å². The SMILES string of the molecule is COc1cnc(-c2ccccc2)c(-c2ccc(S(C)(=O)=O)cc2)c1. The first-order chi connectivity index (χ1) is 11.5. The molecule has 0 spiro atoms. The molecule has 122 valence electrons. The molecule has 0 atom stereocenters. The average molecular weight is 339 g/mol. The molecule has 0 N–H and O–H groups in total. The van der Waals surface area contributed by atoms with Gasteiger partial charge in [-0.2, -0.15) is 0 Å². The van der Waals surface area contributed by atoms with Gasteiger partial charge >= 0.3 is 0 Å². The Morgan fingerprint density at radius 2 is 1.58 bits per heavy atom. The monoisotopic (exact) mass is 339 g/mol. The number of aromatic nitrogens is 1. The molecule has 3 rings (SSSR count). The van der Waals surface area contributed by atoms with Crippen LogP contribution in [0.5, 0.6) is 5.75 Å². The molecule has 2 aromatic carbocycles. The molecule has 0 aliphatic carbocycles. The summed E-state index contributed by atoms with van der Waals surface area (Å²) < 4.78 is 28.6. The van der Waals surface area contributed by atoms with E-state index in [1.54, 1.807) is 37.6 Å². The van der Waals surface area contributed by atoms with Crippen molar-refractivity contribution >= 4 is 9.84 Å². The van der Waals surface area contributed by atoms with Gasteiger partial charge in [0.05, 0.1) is 23.9 Å². The molecule has 5 heteroatoms. The maximum Gasteiger partial charge on any atom is 0.175 e. The zero-order chi connectivity index (χ0) is 17.2. The van der Waals surface area contributed by atoms with Gasteiger partial charge in [-0.25, -0.2) is 8.42 Å². The molecule has 0 aliphatic rings. The van der Waals surface area contributed by atoms with E-state index in [0.717, 1.165) is 22.4 Å². The predicted molar refractivity (Wildman–Crippen MR) is 94.8 cm³/mol. The van der Waals surface area contributed by atoms with E-state index in [1.165, 1.54) is 6.26 Å². The van der Waals surface area contributed by atoms with Gasteiger partial charge in [0.15, 0.2) is 9.84 Å². The Bertz CT molecular complexity index is 950. The molecule has 4 nitrogen and oxygen atoms in total. The zero-order valence-corrected chi connectivity index (χ0v) is 14.2. The van der Waals surface area contributed by atoms with Crippen molar-refractivity contribution in [2.24, 2.45) is 0 Å². The summed E-state index contributed by atoms with van der Waals surface area (Å²) in [5.41, 5.74) is 3.58. The van der Waals surface area contributed by atoms with E-state index in [4.69, 9.17) is 4.74 Å². The predicted octanol–water partition coefficient (Wildman–Crippen LogP) is 3.83. The topological polar surface area (TPSA) is 56.3 Å². The molecule has 0 unspecified atom stereocenters. The molecule has 0 saturated carbocycles. The first-order valence-corrected chi connectivity index (χ1v) is 9.28. The smallest absolute Gasteiger partial charge is 0.175 e. The Labute approximate surface area is 141 Å². The number of benzene rings is 2. The number of methoxy groups -OCH3 is 1. The quantitative estimate of drug-likeness (QED) is 0.725. The number of sulfone groups is 1. The van der Waals surface area contributed by atoms with Crippen molar-refractivity contribution < 1.29 is 13.2 Å². The first kappa shape index (κ1) is 16.2. The molecule has 0 amide bonds. The van der Waals surface area contributed by atoms with E-state index in [2.05, 4.69) is 4.98 Å². The van der Waals surface area contributed by atoms with Gasteiger partial charge in [0, 0.05) is 17.4 Å². The lowest BCUT2D eigenvalue weighted by atomic mass is 9.99. The van der Waals surface area contributed by atoms with Crippen LogP contribution in [-0.2, 0) is 9.84 Å². The van der Waals surface area contributed by atoms with Crippen LogP contribution in [-0.4, -0.2) is 26.8 Å². The number of hydrogen-bond acceptors (Lipinski definition) is 4. The van der Waals surface area contributed by atoms with Crippen molar-refractivity contribution in [2.75, 3.05) is 13.4 Å². The second kappa shape index (κ2) is 6.45. The van der Waals surface area contributed by atoms with Gasteiger partial charge in [0.2, 0.25) is 0 Å². The number of pyridine rings is 1. The maximum absolute atomic E-state index is 11.6. The Morgan fingerprint density at radius 1 is 0.917 bits per heavy atom. The van der Waals surface area contributed by atoms with Crippen molar-refractivity contribution in [1.29, 1.82) is 0 Å². The van der Waals surface area contributed by atoms with Crippen molar-refractivity contribution in [2.45, 2.75) is 4.90 Å². The maximum atomic E-state index is 11.6. The van der Waals surface area contributed by atoms with Crippen LogP contribution in [0.4, 0.5) is 0 Å². The molecule has 1 heterocycles. The van der Waals surface area contributed by atoms with E-state index in [9.17, 15) is 8.42 Å². The van der Waals surface area contributed by atoms with E-state index in [0.29, 0.717) is 10.6 Å². The molecule has 24 heavy (non-hydrogen) atoms. The van der Waals surface area contributed by atoms with Gasteiger partial charge in [0.1, 0.15) is 5.75 Å². The molecule has 0 radical (unpaired) electrons. The third-order valence-corrected chi connectivity index (χ3v) is 4.87. The van der Waals surface area contributed by atoms with E-state index in [-0.39, 0.29) is 0 Å². The van der Waals surface area contributed by atoms with Crippen molar-refractivity contribution in [3.63, 3.8) is 0 Å². The third kappa shape index (κ3) is 3.31. The molecule has 0 saturated heterocycles. The van der Waals surface area contributed by atoms with Gasteiger partial charge in [0.25, 0.3) is 0 Å². The van der Waals surface area contributed by atoms with Crippen LogP contribution in [0, 0.1) is 0 Å². The molecular weight excluding hydrogens is 322 g/mol. The molecule has 0 bridgehead atoms. The minimum Gasteiger partial charge on any atom is -0.495 e. The summed E-state index contributed by atoms with van der Waals surface area (Å²) in [6.45, 7) is 0. The highest BCUT2D eigenvalue weighted by molar-refractivity contribution is 7.90. The lowest BCUT2D eigenvalue weighted by molar-refractivity contribution is 0.413. The normalized spacial score (nSPS) is 11.2. The summed E-state index contributed by atoms with van der Waals surface area (Å²) in [6.07, 6.45) is 2.88. The van der Waals surface area contributed by atoms with Gasteiger partial charge in [-0.05, 0) is 23.8 Å². The Morgan fingerprint density at radius 3 is 2.17 bits per heavy atom. The van der Waals surface area contributed by atoms with Crippen molar-refractivity contribution in [1.82, 2.24) is 4.98 Å². The van der Waals surface area contributed by atoms with Gasteiger partial charge in [-0.1, -0.05) is 42.5 Å². The molecular formula is C19H17NO3S. The minimum atomic E-state index is -3.22. The van der Waals surface area contributed by atoms with Crippen LogP contribution in [0.25, 0.3) is 22.4 Å². The fourth-order valence-corrected chi connectivity index (χ4v) is 3.12. The fourth-order valence-electron chi connectivity index (χ4n) is 2.49. The lowest BCUT2D eigenvalue weighted by Crippen LogP contribution is -1.97. The summed E-state index contributed by atoms with van der Waals surface area (Å²) in [6, 6.07) is 18.6. The lowest BCUT2D eigenvalue weighted by Gasteiger charge is -2.11. The van der Waals surface area contributed by atoms with Crippen LogP contribution >= 0.6 is 0 Å². The van der Waals surface area contributed by atoms with Crippen LogP contribution in [0.1, 0.15) is 0 Å². The Balaban J connectivity index is 2.15. The van der Waals surface area contributed by atoms with Crippen LogP contribution < -0.4 is 4.74 Å². The van der Waals surface area contributed by atoms with E-state index in [1.807, 2.05) is 36.4 Å². The molecule has 0 aliphatic heterocycles. The number of ether oxygens (including phenoxy) is 1. The summed E-state index contributed by atoms with van der Waals surface area (Å²) in [4.78, 5) is 4.82. The first-order valence-electron chi connectivity index (χ1n) is 7.39. The van der Waals surface area contributed by atoms with Gasteiger partial charge in [-0.15, -0.1) is 0 Å². The minimum absolute atomic E-state index is 0.295. The van der Waals surface area contributed by atoms with Crippen LogP contribution in [0.15, 0.2) is 71.8 Å².